The van der Waals surface area contributed by atoms with Crippen LogP contribution in [0.4, 0.5) is 0 Å². The van der Waals surface area contributed by atoms with Crippen LogP contribution >= 0.6 is 15.9 Å². The summed E-state index contributed by atoms with van der Waals surface area (Å²) in [4.78, 5) is 0. The van der Waals surface area contributed by atoms with Crippen LogP contribution in [0.2, 0.25) is 0 Å². The lowest BCUT2D eigenvalue weighted by molar-refractivity contribution is -0.0613. The molecule has 1 aliphatic heterocycles. The maximum Gasteiger partial charge on any atom is 0.182 e. The SMILES string of the molecule is CC1(C)OC(/C2=C(\Br)CCCCCCCCC2)OC1(C)C. The fourth-order valence-corrected chi connectivity index (χ4v) is 3.67. The van der Waals surface area contributed by atoms with E-state index in [1.165, 1.54) is 55.0 Å². The van der Waals surface area contributed by atoms with Crippen molar-refractivity contribution in [1.82, 2.24) is 0 Å². The summed E-state index contributed by atoms with van der Waals surface area (Å²) < 4.78 is 13.8. The van der Waals surface area contributed by atoms with Crippen LogP contribution in [0.15, 0.2) is 10.1 Å². The molecule has 0 aromatic rings. The van der Waals surface area contributed by atoms with Gasteiger partial charge in [0, 0.05) is 0 Å². The number of rotatable bonds is 1. The second kappa shape index (κ2) is 7.14. The Morgan fingerprint density at radius 1 is 0.762 bits per heavy atom. The molecule has 0 amide bonds. The topological polar surface area (TPSA) is 18.5 Å². The summed E-state index contributed by atoms with van der Waals surface area (Å²) in [5, 5.41) is 0. The van der Waals surface area contributed by atoms with E-state index in [2.05, 4.69) is 43.6 Å². The van der Waals surface area contributed by atoms with Gasteiger partial charge in [0.15, 0.2) is 6.29 Å². The predicted octanol–water partition coefficient (Wildman–Crippen LogP) is 6.09. The molecule has 0 N–H and O–H groups in total. The van der Waals surface area contributed by atoms with E-state index in [4.69, 9.17) is 9.47 Å². The molecule has 2 nitrogen and oxygen atoms in total. The standard InChI is InChI=1S/C18H31BrO2/c1-17(2)18(3,4)21-16(20-17)14-12-10-8-6-5-7-9-11-13-15(14)19/h16H,5-13H2,1-4H3/b15-14-. The minimum Gasteiger partial charge on any atom is -0.340 e. The fraction of sp³-hybridized carbons (Fsp3) is 0.889. The largest absolute Gasteiger partial charge is 0.340 e. The monoisotopic (exact) mass is 358 g/mol. The first-order chi connectivity index (χ1) is 9.83. The summed E-state index contributed by atoms with van der Waals surface area (Å²) in [6.07, 6.45) is 11.4. The van der Waals surface area contributed by atoms with Crippen LogP contribution in [0.3, 0.4) is 0 Å². The van der Waals surface area contributed by atoms with Crippen LogP contribution in [0.25, 0.3) is 0 Å². The smallest absolute Gasteiger partial charge is 0.182 e. The molecule has 0 aromatic carbocycles. The van der Waals surface area contributed by atoms with Crippen molar-refractivity contribution in [3.05, 3.63) is 10.1 Å². The van der Waals surface area contributed by atoms with E-state index in [1.54, 1.807) is 0 Å². The molecule has 0 saturated carbocycles. The fourth-order valence-electron chi connectivity index (χ4n) is 3.01. The van der Waals surface area contributed by atoms with Crippen LogP contribution in [0.5, 0.6) is 0 Å². The van der Waals surface area contributed by atoms with Gasteiger partial charge in [0.1, 0.15) is 0 Å². The Bertz CT molecular complexity index is 369. The van der Waals surface area contributed by atoms with Gasteiger partial charge < -0.3 is 9.47 Å². The molecule has 2 rings (SSSR count). The lowest BCUT2D eigenvalue weighted by Crippen LogP contribution is -2.41. The summed E-state index contributed by atoms with van der Waals surface area (Å²) >= 11 is 3.83. The minimum atomic E-state index is -0.246. The number of ether oxygens (including phenoxy) is 2. The van der Waals surface area contributed by atoms with Crippen molar-refractivity contribution in [1.29, 1.82) is 0 Å². The molecule has 0 atom stereocenters. The molecule has 21 heavy (non-hydrogen) atoms. The number of hydrogen-bond donors (Lipinski definition) is 0. The highest BCUT2D eigenvalue weighted by molar-refractivity contribution is 9.11. The minimum absolute atomic E-state index is 0.176. The van der Waals surface area contributed by atoms with Gasteiger partial charge in [-0.2, -0.15) is 0 Å². The first-order valence-electron chi connectivity index (χ1n) is 8.56. The predicted molar refractivity (Wildman–Crippen MR) is 91.6 cm³/mol. The normalized spacial score (nSPS) is 31.9. The zero-order valence-corrected chi connectivity index (χ0v) is 15.7. The molecule has 3 heteroatoms. The molecule has 1 heterocycles. The van der Waals surface area contributed by atoms with Crippen LogP contribution in [-0.2, 0) is 9.47 Å². The highest BCUT2D eigenvalue weighted by Crippen LogP contribution is 2.43. The molecule has 0 bridgehead atoms. The van der Waals surface area contributed by atoms with Gasteiger partial charge >= 0.3 is 0 Å². The second-order valence-electron chi connectivity index (χ2n) is 7.49. The van der Waals surface area contributed by atoms with E-state index in [-0.39, 0.29) is 17.5 Å². The van der Waals surface area contributed by atoms with E-state index in [9.17, 15) is 0 Å². The lowest BCUT2D eigenvalue weighted by Gasteiger charge is -2.30. The Balaban J connectivity index is 2.13. The van der Waals surface area contributed by atoms with E-state index in [0.717, 1.165) is 12.8 Å². The van der Waals surface area contributed by atoms with Crippen molar-refractivity contribution < 1.29 is 9.47 Å². The molecule has 2 aliphatic rings. The molecule has 0 unspecified atom stereocenters. The third-order valence-electron chi connectivity index (χ3n) is 5.23. The Hall–Kier alpha value is 0.140. The molecule has 1 aliphatic carbocycles. The van der Waals surface area contributed by atoms with Crippen molar-refractivity contribution in [2.24, 2.45) is 0 Å². The third-order valence-corrected chi connectivity index (χ3v) is 6.13. The zero-order chi connectivity index (χ0) is 15.5. The number of halogens is 1. The molecule has 122 valence electrons. The second-order valence-corrected chi connectivity index (χ2v) is 8.45. The van der Waals surface area contributed by atoms with Crippen molar-refractivity contribution in [2.45, 2.75) is 103 Å². The maximum atomic E-state index is 6.26. The van der Waals surface area contributed by atoms with Crippen molar-refractivity contribution >= 4 is 15.9 Å². The quantitative estimate of drug-likeness (QED) is 0.564. The molecule has 1 saturated heterocycles. The molecule has 0 spiro atoms. The Labute approximate surface area is 138 Å². The van der Waals surface area contributed by atoms with Gasteiger partial charge in [-0.05, 0) is 63.4 Å². The van der Waals surface area contributed by atoms with E-state index < -0.39 is 0 Å². The van der Waals surface area contributed by atoms with Gasteiger partial charge in [-0.25, -0.2) is 0 Å². The zero-order valence-electron chi connectivity index (χ0n) is 14.1. The Morgan fingerprint density at radius 2 is 1.19 bits per heavy atom. The maximum absolute atomic E-state index is 6.26. The highest BCUT2D eigenvalue weighted by atomic mass is 79.9. The third kappa shape index (κ3) is 4.33. The molecule has 0 aromatic heterocycles. The Kier molecular flexibility index (Phi) is 5.95. The number of allylic oxidation sites excluding steroid dienone is 1. The van der Waals surface area contributed by atoms with Crippen LogP contribution in [0.1, 0.15) is 85.5 Å². The molecule has 0 radical (unpaired) electrons. The van der Waals surface area contributed by atoms with Crippen molar-refractivity contribution in [3.63, 3.8) is 0 Å². The first-order valence-corrected chi connectivity index (χ1v) is 9.36. The van der Waals surface area contributed by atoms with Crippen LogP contribution in [-0.4, -0.2) is 17.5 Å². The van der Waals surface area contributed by atoms with Crippen molar-refractivity contribution in [2.75, 3.05) is 0 Å². The average Bonchev–Trinajstić information content (AvgIpc) is 2.58. The first kappa shape index (κ1) is 17.5. The van der Waals surface area contributed by atoms with E-state index in [0.29, 0.717) is 0 Å². The summed E-state index contributed by atoms with van der Waals surface area (Å²) in [6.45, 7) is 8.53. The average molecular weight is 359 g/mol. The van der Waals surface area contributed by atoms with Gasteiger partial charge in [0.2, 0.25) is 0 Å². The molecule has 1 fully saturated rings. The molecular formula is C18H31BrO2. The summed E-state index contributed by atoms with van der Waals surface area (Å²) in [5.74, 6) is 0. The van der Waals surface area contributed by atoms with Gasteiger partial charge in [-0.15, -0.1) is 0 Å². The van der Waals surface area contributed by atoms with E-state index in [1.807, 2.05) is 0 Å². The van der Waals surface area contributed by atoms with Crippen LogP contribution in [0, 0.1) is 0 Å². The van der Waals surface area contributed by atoms with Gasteiger partial charge in [-0.1, -0.05) is 48.0 Å². The lowest BCUT2D eigenvalue weighted by atomic mass is 9.90. The van der Waals surface area contributed by atoms with E-state index >= 15 is 0 Å². The van der Waals surface area contributed by atoms with Gasteiger partial charge in [0.05, 0.1) is 11.2 Å². The number of hydrogen-bond acceptors (Lipinski definition) is 2. The highest BCUT2D eigenvalue weighted by Gasteiger charge is 2.50. The van der Waals surface area contributed by atoms with Crippen LogP contribution < -0.4 is 0 Å². The summed E-state index contributed by atoms with van der Waals surface area (Å²) in [5.41, 5.74) is 0.851. The summed E-state index contributed by atoms with van der Waals surface area (Å²) in [6, 6.07) is 0. The van der Waals surface area contributed by atoms with Crippen molar-refractivity contribution in [3.8, 4) is 0 Å². The Morgan fingerprint density at radius 3 is 1.71 bits per heavy atom. The summed E-state index contributed by atoms with van der Waals surface area (Å²) in [7, 11) is 0. The molecular weight excluding hydrogens is 328 g/mol. The van der Waals surface area contributed by atoms with Gasteiger partial charge in [0.25, 0.3) is 0 Å². The van der Waals surface area contributed by atoms with Gasteiger partial charge in [-0.3, -0.25) is 0 Å².